The second kappa shape index (κ2) is 6.42. The van der Waals surface area contributed by atoms with Gasteiger partial charge in [-0.2, -0.15) is 0 Å². The first kappa shape index (κ1) is 15.3. The molecule has 1 aromatic heterocycles. The van der Waals surface area contributed by atoms with E-state index in [1.165, 1.54) is 11.3 Å². The summed E-state index contributed by atoms with van der Waals surface area (Å²) in [5.74, 6) is -0.523. The van der Waals surface area contributed by atoms with Crippen molar-refractivity contribution < 1.29 is 9.59 Å². The van der Waals surface area contributed by atoms with Gasteiger partial charge in [-0.25, -0.2) is 0 Å². The fourth-order valence-corrected chi connectivity index (χ4v) is 2.76. The van der Waals surface area contributed by atoms with E-state index in [1.54, 1.807) is 7.05 Å². The lowest BCUT2D eigenvalue weighted by molar-refractivity contribution is 0.0959. The Hall–Kier alpha value is -1.76. The number of hydrogen-bond donors (Lipinski definition) is 3. The molecule has 1 aromatic rings. The van der Waals surface area contributed by atoms with Gasteiger partial charge in [0, 0.05) is 27.2 Å². The molecule has 0 saturated carbocycles. The van der Waals surface area contributed by atoms with Crippen LogP contribution in [0.15, 0.2) is 0 Å². The summed E-state index contributed by atoms with van der Waals surface area (Å²) < 4.78 is 0. The van der Waals surface area contributed by atoms with Gasteiger partial charge in [0.1, 0.15) is 9.88 Å². The largest absolute Gasteiger partial charge is 0.397 e. The number of nitrogens with zero attached hydrogens (tertiary/aromatic N) is 1. The van der Waals surface area contributed by atoms with E-state index < -0.39 is 0 Å². The molecule has 0 bridgehead atoms. The van der Waals surface area contributed by atoms with Gasteiger partial charge < -0.3 is 21.3 Å². The second-order valence-corrected chi connectivity index (χ2v) is 4.98. The highest BCUT2D eigenvalue weighted by atomic mass is 32.1. The molecule has 0 aromatic carbocycles. The van der Waals surface area contributed by atoms with Crippen molar-refractivity contribution >= 4 is 33.8 Å². The number of hydrogen-bond acceptors (Lipinski definition) is 5. The Kier molecular flexibility index (Phi) is 5.17. The molecule has 2 amide bonds. The van der Waals surface area contributed by atoms with Crippen molar-refractivity contribution in [3.63, 3.8) is 0 Å². The van der Waals surface area contributed by atoms with Gasteiger partial charge >= 0.3 is 0 Å². The first-order chi connectivity index (χ1) is 8.97. The van der Waals surface area contributed by atoms with Gasteiger partial charge in [-0.3, -0.25) is 9.59 Å². The third-order valence-electron chi connectivity index (χ3n) is 2.75. The van der Waals surface area contributed by atoms with Crippen LogP contribution in [-0.2, 0) is 0 Å². The Morgan fingerprint density at radius 1 is 1.32 bits per heavy atom. The lowest BCUT2D eigenvalue weighted by Crippen LogP contribution is -2.24. The number of anilines is 2. The van der Waals surface area contributed by atoms with Gasteiger partial charge in [0.25, 0.3) is 11.8 Å². The molecule has 4 N–H and O–H groups in total. The van der Waals surface area contributed by atoms with Crippen molar-refractivity contribution in [1.82, 2.24) is 10.6 Å². The molecule has 0 fully saturated rings. The number of nitrogen functional groups attached to an aromatic ring is 1. The first-order valence-electron chi connectivity index (χ1n) is 6.11. The van der Waals surface area contributed by atoms with Crippen LogP contribution in [0.3, 0.4) is 0 Å². The van der Waals surface area contributed by atoms with Crippen molar-refractivity contribution in [2.24, 2.45) is 0 Å². The fraction of sp³-hybridized carbons (Fsp3) is 0.500. The molecular formula is C12H20N4O2S. The number of nitrogens with two attached hydrogens (primary N) is 1. The van der Waals surface area contributed by atoms with Crippen molar-refractivity contribution in [3.05, 3.63) is 10.4 Å². The fourth-order valence-electron chi connectivity index (χ4n) is 1.60. The number of thiophene rings is 1. The van der Waals surface area contributed by atoms with Crippen LogP contribution < -0.4 is 21.3 Å². The number of carbonyl (C=O) groups is 2. The number of nitrogens with one attached hydrogen (secondary N) is 2. The third kappa shape index (κ3) is 2.98. The van der Waals surface area contributed by atoms with Crippen LogP contribution in [0.25, 0.3) is 0 Å². The van der Waals surface area contributed by atoms with Gasteiger partial charge in [0.2, 0.25) is 0 Å². The van der Waals surface area contributed by atoms with Gasteiger partial charge in [0.15, 0.2) is 0 Å². The van der Waals surface area contributed by atoms with Gasteiger partial charge in [-0.15, -0.1) is 11.3 Å². The van der Waals surface area contributed by atoms with E-state index >= 15 is 0 Å². The summed E-state index contributed by atoms with van der Waals surface area (Å²) in [6.45, 7) is 5.04. The maximum Gasteiger partial charge on any atom is 0.263 e. The first-order valence-corrected chi connectivity index (χ1v) is 6.93. The summed E-state index contributed by atoms with van der Waals surface area (Å²) in [6.07, 6.45) is 0. The van der Waals surface area contributed by atoms with Crippen LogP contribution >= 0.6 is 11.3 Å². The highest BCUT2D eigenvalue weighted by Gasteiger charge is 2.26. The standard InChI is InChI=1S/C12H20N4O2S/c1-5-15-11(18)9-8(13)7(10(17)14-3)12(19-9)16(4)6-2/h5-6,13H2,1-4H3,(H,14,17)(H,15,18). The smallest absolute Gasteiger partial charge is 0.263 e. The highest BCUT2D eigenvalue weighted by molar-refractivity contribution is 7.19. The molecule has 7 heteroatoms. The Morgan fingerprint density at radius 3 is 2.42 bits per heavy atom. The van der Waals surface area contributed by atoms with Crippen LogP contribution in [0.2, 0.25) is 0 Å². The zero-order valence-corrected chi connectivity index (χ0v) is 12.5. The zero-order chi connectivity index (χ0) is 14.6. The lowest BCUT2D eigenvalue weighted by atomic mass is 10.2. The maximum atomic E-state index is 11.9. The van der Waals surface area contributed by atoms with E-state index in [0.29, 0.717) is 22.0 Å². The van der Waals surface area contributed by atoms with Crippen molar-refractivity contribution in [1.29, 1.82) is 0 Å². The Balaban J connectivity index is 3.34. The number of rotatable bonds is 5. The molecule has 0 saturated heterocycles. The van der Waals surface area contributed by atoms with E-state index in [4.69, 9.17) is 5.73 Å². The predicted molar refractivity (Wildman–Crippen MR) is 79.1 cm³/mol. The molecule has 0 spiro atoms. The maximum absolute atomic E-state index is 11.9. The molecule has 6 nitrogen and oxygen atoms in total. The molecular weight excluding hydrogens is 264 g/mol. The minimum Gasteiger partial charge on any atom is -0.397 e. The number of carbonyl (C=O) groups excluding carboxylic acids is 2. The van der Waals surface area contributed by atoms with Crippen LogP contribution in [0.1, 0.15) is 33.9 Å². The minimum atomic E-state index is -0.278. The van der Waals surface area contributed by atoms with E-state index in [2.05, 4.69) is 10.6 Å². The van der Waals surface area contributed by atoms with Crippen molar-refractivity contribution in [2.75, 3.05) is 37.8 Å². The van der Waals surface area contributed by atoms with Crippen LogP contribution in [0, 0.1) is 0 Å². The summed E-state index contributed by atoms with van der Waals surface area (Å²) in [5, 5.41) is 5.96. The van der Waals surface area contributed by atoms with Gasteiger partial charge in [0.05, 0.1) is 11.3 Å². The summed E-state index contributed by atoms with van der Waals surface area (Å²) in [4.78, 5) is 26.1. The third-order valence-corrected chi connectivity index (χ3v) is 4.06. The number of amides is 2. The van der Waals surface area contributed by atoms with Gasteiger partial charge in [-0.1, -0.05) is 0 Å². The molecule has 0 aliphatic carbocycles. The normalized spacial score (nSPS) is 10.1. The lowest BCUT2D eigenvalue weighted by Gasteiger charge is -2.16. The summed E-state index contributed by atoms with van der Waals surface area (Å²) in [5.41, 5.74) is 6.58. The van der Waals surface area contributed by atoms with Crippen molar-refractivity contribution in [3.8, 4) is 0 Å². The molecule has 1 rings (SSSR count). The Bertz CT molecular complexity index is 484. The molecule has 0 aliphatic heterocycles. The van der Waals surface area contributed by atoms with Crippen molar-refractivity contribution in [2.45, 2.75) is 13.8 Å². The van der Waals surface area contributed by atoms with E-state index in [-0.39, 0.29) is 17.5 Å². The molecule has 1 heterocycles. The quantitative estimate of drug-likeness (QED) is 0.749. The predicted octanol–water partition coefficient (Wildman–Crippen LogP) is 0.896. The summed E-state index contributed by atoms with van der Waals surface area (Å²) in [6, 6.07) is 0. The Labute approximate surface area is 117 Å². The Morgan fingerprint density at radius 2 is 1.95 bits per heavy atom. The summed E-state index contributed by atoms with van der Waals surface area (Å²) >= 11 is 1.24. The summed E-state index contributed by atoms with van der Waals surface area (Å²) in [7, 11) is 3.40. The topological polar surface area (TPSA) is 87.5 Å². The highest BCUT2D eigenvalue weighted by Crippen LogP contribution is 2.37. The molecule has 0 radical (unpaired) electrons. The van der Waals surface area contributed by atoms with E-state index in [0.717, 1.165) is 6.54 Å². The monoisotopic (exact) mass is 284 g/mol. The average molecular weight is 284 g/mol. The molecule has 0 unspecified atom stereocenters. The van der Waals surface area contributed by atoms with Crippen LogP contribution in [-0.4, -0.2) is 39.0 Å². The van der Waals surface area contributed by atoms with Gasteiger partial charge in [-0.05, 0) is 13.8 Å². The molecule has 19 heavy (non-hydrogen) atoms. The zero-order valence-electron chi connectivity index (χ0n) is 11.7. The van der Waals surface area contributed by atoms with Crippen LogP contribution in [0.4, 0.5) is 10.7 Å². The van der Waals surface area contributed by atoms with E-state index in [1.807, 2.05) is 25.8 Å². The minimum absolute atomic E-state index is 0.241. The second-order valence-electron chi connectivity index (χ2n) is 3.98. The van der Waals surface area contributed by atoms with Crippen LogP contribution in [0.5, 0.6) is 0 Å². The van der Waals surface area contributed by atoms with E-state index in [9.17, 15) is 9.59 Å². The SMILES string of the molecule is CCNC(=O)c1sc(N(C)CC)c(C(=O)NC)c1N. The average Bonchev–Trinajstić information content (AvgIpc) is 2.75. The molecule has 0 atom stereocenters. The molecule has 106 valence electrons. The molecule has 0 aliphatic rings.